The number of benzene rings is 2. The molecular formula is C22H21BN6O5. The van der Waals surface area contributed by atoms with Crippen LogP contribution in [0.5, 0.6) is 11.8 Å². The quantitative estimate of drug-likeness (QED) is 0.282. The number of hydrogen-bond acceptors (Lipinski definition) is 9. The first-order chi connectivity index (χ1) is 16.5. The van der Waals surface area contributed by atoms with Gasteiger partial charge in [0, 0.05) is 13.0 Å². The Hall–Kier alpha value is -4.16. The molecular weight excluding hydrogens is 439 g/mol. The van der Waals surface area contributed by atoms with Crippen LogP contribution in [0.3, 0.4) is 0 Å². The Kier molecular flexibility index (Phi) is 5.52. The van der Waals surface area contributed by atoms with E-state index in [2.05, 4.69) is 20.3 Å². The normalized spacial score (nSPS) is 12.3. The maximum atomic E-state index is 11.9. The number of carbonyl (C=O) groups is 1. The van der Waals surface area contributed by atoms with Crippen LogP contribution in [0, 0.1) is 0 Å². The van der Waals surface area contributed by atoms with E-state index in [9.17, 15) is 14.8 Å². The summed E-state index contributed by atoms with van der Waals surface area (Å²) in [5, 5.41) is 22.1. The monoisotopic (exact) mass is 460 g/mol. The van der Waals surface area contributed by atoms with Gasteiger partial charge in [0.1, 0.15) is 5.52 Å². The van der Waals surface area contributed by atoms with Crippen molar-refractivity contribution < 1.29 is 24.3 Å². The van der Waals surface area contributed by atoms with Gasteiger partial charge in [-0.25, -0.2) is 9.55 Å². The molecule has 1 amide bonds. The number of methoxy groups -OCH3 is 1. The lowest BCUT2D eigenvalue weighted by Crippen LogP contribution is -2.30. The molecule has 0 saturated heterocycles. The smallest absolute Gasteiger partial charge is 0.487 e. The summed E-state index contributed by atoms with van der Waals surface area (Å²) in [6, 6.07) is 12.2. The second kappa shape index (κ2) is 8.65. The van der Waals surface area contributed by atoms with Crippen molar-refractivity contribution in [2.75, 3.05) is 19.0 Å². The molecule has 0 aliphatic carbocycles. The van der Waals surface area contributed by atoms with Gasteiger partial charge in [-0.1, -0.05) is 30.3 Å². The number of amides is 1. The minimum absolute atomic E-state index is 0.207. The molecule has 34 heavy (non-hydrogen) atoms. The van der Waals surface area contributed by atoms with Crippen molar-refractivity contribution in [3.63, 3.8) is 0 Å². The van der Waals surface area contributed by atoms with E-state index in [-0.39, 0.29) is 11.6 Å². The number of carbonyl (C=O) groups excluding carboxylic acids is 1. The summed E-state index contributed by atoms with van der Waals surface area (Å²) in [5.41, 5.74) is 8.70. The van der Waals surface area contributed by atoms with Crippen molar-refractivity contribution >= 4 is 35.3 Å². The molecule has 1 aliphatic heterocycles. The number of ether oxygens (including phenoxy) is 2. The second-order valence-corrected chi connectivity index (χ2v) is 7.69. The van der Waals surface area contributed by atoms with Crippen molar-refractivity contribution in [2.24, 2.45) is 5.73 Å². The fourth-order valence-corrected chi connectivity index (χ4v) is 3.93. The van der Waals surface area contributed by atoms with Crippen LogP contribution in [-0.2, 0) is 13.0 Å². The lowest BCUT2D eigenvalue weighted by molar-refractivity contribution is 0.100. The number of nitrogens with zero attached hydrogens (tertiary/aromatic N) is 4. The number of aromatic nitrogens is 4. The molecule has 172 valence electrons. The Bertz CT molecular complexity index is 1410. The number of nitrogens with one attached hydrogen (secondary N) is 1. The van der Waals surface area contributed by atoms with E-state index in [0.717, 1.165) is 11.3 Å². The minimum Gasteiger partial charge on any atom is -0.487 e. The maximum Gasteiger partial charge on any atom is 0.488 e. The molecule has 0 bridgehead atoms. The van der Waals surface area contributed by atoms with E-state index in [1.54, 1.807) is 41.0 Å². The molecule has 3 heterocycles. The molecule has 0 spiro atoms. The van der Waals surface area contributed by atoms with Crippen molar-refractivity contribution in [3.8, 4) is 17.7 Å². The first kappa shape index (κ1) is 21.7. The third kappa shape index (κ3) is 3.78. The van der Waals surface area contributed by atoms with Crippen LogP contribution >= 0.6 is 0 Å². The lowest BCUT2D eigenvalue weighted by atomic mass is 9.80. The molecule has 0 radical (unpaired) electrons. The Balaban J connectivity index is 1.58. The summed E-state index contributed by atoms with van der Waals surface area (Å²) in [6.45, 7) is 0.836. The summed E-state index contributed by atoms with van der Waals surface area (Å²) in [4.78, 5) is 25.7. The van der Waals surface area contributed by atoms with Gasteiger partial charge in [0.2, 0.25) is 5.95 Å². The van der Waals surface area contributed by atoms with Crippen LogP contribution in [0.15, 0.2) is 42.5 Å². The van der Waals surface area contributed by atoms with Crippen molar-refractivity contribution in [3.05, 3.63) is 59.3 Å². The van der Waals surface area contributed by atoms with Crippen molar-refractivity contribution in [1.29, 1.82) is 0 Å². The Morgan fingerprint density at radius 3 is 2.82 bits per heavy atom. The van der Waals surface area contributed by atoms with Gasteiger partial charge in [-0.3, -0.25) is 4.79 Å². The standard InChI is InChI=1S/C22H21BN6O5/c1-33-22-27-17-14(19(24)30)6-3-7-16(17)29(22)21-26-15-8-9-34-18(15)20(28-21)25-11-12-4-2-5-13(10-12)23(31)32/h2-7,10,31-32H,8-9,11H2,1H3,(H2,24,30)(H,25,26,28). The lowest BCUT2D eigenvalue weighted by Gasteiger charge is -2.13. The first-order valence-corrected chi connectivity index (χ1v) is 10.5. The van der Waals surface area contributed by atoms with Gasteiger partial charge >= 0.3 is 13.1 Å². The molecule has 0 atom stereocenters. The summed E-state index contributed by atoms with van der Waals surface area (Å²) in [5.74, 6) is 0.733. The zero-order valence-corrected chi connectivity index (χ0v) is 18.2. The molecule has 11 nitrogen and oxygen atoms in total. The number of hydrogen-bond donors (Lipinski definition) is 4. The van der Waals surface area contributed by atoms with Gasteiger partial charge in [-0.15, -0.1) is 0 Å². The van der Waals surface area contributed by atoms with Gasteiger partial charge in [0.25, 0.3) is 5.91 Å². The second-order valence-electron chi connectivity index (χ2n) is 7.69. The average molecular weight is 460 g/mol. The number of primary amides is 1. The highest BCUT2D eigenvalue weighted by Crippen LogP contribution is 2.34. The summed E-state index contributed by atoms with van der Waals surface area (Å²) >= 11 is 0. The Morgan fingerprint density at radius 1 is 1.24 bits per heavy atom. The predicted octanol–water partition coefficient (Wildman–Crippen LogP) is 0.150. The molecule has 0 saturated carbocycles. The summed E-state index contributed by atoms with van der Waals surface area (Å²) in [7, 11) is -0.0784. The molecule has 1 aliphatic rings. The predicted molar refractivity (Wildman–Crippen MR) is 125 cm³/mol. The molecule has 4 aromatic rings. The van der Waals surface area contributed by atoms with E-state index in [1.165, 1.54) is 7.11 Å². The molecule has 5 rings (SSSR count). The third-order valence-electron chi connectivity index (χ3n) is 5.52. The third-order valence-corrected chi connectivity index (χ3v) is 5.52. The highest BCUT2D eigenvalue weighted by atomic mass is 16.5. The molecule has 2 aromatic heterocycles. The van der Waals surface area contributed by atoms with Gasteiger partial charge in [0.15, 0.2) is 11.6 Å². The topological polar surface area (TPSA) is 158 Å². The number of fused-ring (bicyclic) bond motifs is 2. The molecule has 0 unspecified atom stereocenters. The van der Waals surface area contributed by atoms with Crippen LogP contribution in [0.25, 0.3) is 17.0 Å². The van der Waals surface area contributed by atoms with E-state index in [1.807, 2.05) is 6.07 Å². The fraction of sp³-hybridized carbons (Fsp3) is 0.182. The van der Waals surface area contributed by atoms with Crippen LogP contribution in [0.1, 0.15) is 21.6 Å². The summed E-state index contributed by atoms with van der Waals surface area (Å²) < 4.78 is 12.8. The zero-order chi connectivity index (χ0) is 23.8. The SMILES string of the molecule is COc1nc2c(C(N)=O)cccc2n1-c1nc2c(c(NCc3cccc(B(O)O)c3)n1)OCC2. The first-order valence-electron chi connectivity index (χ1n) is 10.5. The maximum absolute atomic E-state index is 11.9. The summed E-state index contributed by atoms with van der Waals surface area (Å²) in [6.07, 6.45) is 0.604. The van der Waals surface area contributed by atoms with Crippen LogP contribution in [-0.4, -0.2) is 56.3 Å². The average Bonchev–Trinajstić information content (AvgIpc) is 3.46. The highest BCUT2D eigenvalue weighted by molar-refractivity contribution is 6.58. The number of nitrogens with two attached hydrogens (primary N) is 1. The van der Waals surface area contributed by atoms with Gasteiger partial charge in [-0.05, 0) is 23.2 Å². The number of rotatable bonds is 7. The van der Waals surface area contributed by atoms with E-state index in [0.29, 0.717) is 53.6 Å². The van der Waals surface area contributed by atoms with Gasteiger partial charge < -0.3 is 30.6 Å². The fourth-order valence-electron chi connectivity index (χ4n) is 3.93. The number of imidazole rings is 1. The highest BCUT2D eigenvalue weighted by Gasteiger charge is 2.25. The van der Waals surface area contributed by atoms with Crippen LogP contribution in [0.2, 0.25) is 0 Å². The molecule has 0 fully saturated rings. The minimum atomic E-state index is -1.55. The van der Waals surface area contributed by atoms with Crippen molar-refractivity contribution in [1.82, 2.24) is 19.5 Å². The van der Waals surface area contributed by atoms with Crippen LogP contribution in [0.4, 0.5) is 5.82 Å². The molecule has 2 aromatic carbocycles. The Morgan fingerprint density at radius 2 is 2.06 bits per heavy atom. The zero-order valence-electron chi connectivity index (χ0n) is 18.2. The van der Waals surface area contributed by atoms with Gasteiger partial charge in [-0.2, -0.15) is 9.97 Å². The Labute approximate surface area is 194 Å². The van der Waals surface area contributed by atoms with E-state index < -0.39 is 13.0 Å². The van der Waals surface area contributed by atoms with Gasteiger partial charge in [0.05, 0.1) is 30.5 Å². The van der Waals surface area contributed by atoms with Crippen molar-refractivity contribution in [2.45, 2.75) is 13.0 Å². The number of para-hydroxylation sites is 1. The molecule has 12 heteroatoms. The van der Waals surface area contributed by atoms with Crippen LogP contribution < -0.4 is 26.0 Å². The van der Waals surface area contributed by atoms with E-state index in [4.69, 9.17) is 15.2 Å². The number of anilines is 1. The largest absolute Gasteiger partial charge is 0.488 e. The molecule has 5 N–H and O–H groups in total. The van der Waals surface area contributed by atoms with E-state index >= 15 is 0 Å².